The van der Waals surface area contributed by atoms with Crippen molar-refractivity contribution < 1.29 is 4.42 Å². The van der Waals surface area contributed by atoms with Crippen LogP contribution in [0.3, 0.4) is 0 Å². The van der Waals surface area contributed by atoms with Crippen LogP contribution in [0.2, 0.25) is 0 Å². The van der Waals surface area contributed by atoms with Crippen molar-refractivity contribution in [2.45, 2.75) is 24.7 Å². The SMILES string of the molecule is CC1(C)c2ccccc2-c2ccc(-c3c4ccccc4cc4c3oc3ccc(N(c5ccc(-c6ccccc6)cc5)c5ccc6c(c5)C5(c7ccccc7-c7ccccc75)c5ccccc5-6)cc34)cc21. The Bertz CT molecular complexity index is 4090. The Hall–Kier alpha value is -8.72. The third-order valence-electron chi connectivity index (χ3n) is 16.1. The molecule has 0 amide bonds. The maximum Gasteiger partial charge on any atom is 0.143 e. The lowest BCUT2D eigenvalue weighted by Gasteiger charge is -2.32. The highest BCUT2D eigenvalue weighted by Crippen LogP contribution is 2.63. The van der Waals surface area contributed by atoms with Crippen molar-refractivity contribution in [3.05, 3.63) is 270 Å². The summed E-state index contributed by atoms with van der Waals surface area (Å²) >= 11 is 0. The van der Waals surface area contributed by atoms with Gasteiger partial charge in [-0.05, 0) is 149 Å². The van der Waals surface area contributed by atoms with E-state index in [1.54, 1.807) is 0 Å². The molecule has 3 aliphatic rings. The summed E-state index contributed by atoms with van der Waals surface area (Å²) in [5.41, 5.74) is 25.0. The summed E-state index contributed by atoms with van der Waals surface area (Å²) in [6, 6.07) is 87.9. The lowest BCUT2D eigenvalue weighted by atomic mass is 9.70. The van der Waals surface area contributed by atoms with Crippen molar-refractivity contribution in [3.8, 4) is 55.6 Å². The molecule has 0 N–H and O–H groups in total. The van der Waals surface area contributed by atoms with Crippen LogP contribution in [0.25, 0.3) is 88.3 Å². The Morgan fingerprint density at radius 2 is 0.829 bits per heavy atom. The first-order valence-electron chi connectivity index (χ1n) is 24.5. The zero-order chi connectivity index (χ0) is 46.3. The molecule has 70 heavy (non-hydrogen) atoms. The number of hydrogen-bond donors (Lipinski definition) is 0. The highest BCUT2D eigenvalue weighted by molar-refractivity contribution is 6.19. The van der Waals surface area contributed by atoms with Crippen LogP contribution in [0, 0.1) is 0 Å². The monoisotopic (exact) mass is 891 g/mol. The molecule has 0 unspecified atom stereocenters. The van der Waals surface area contributed by atoms with E-state index < -0.39 is 5.41 Å². The predicted octanol–water partition coefficient (Wildman–Crippen LogP) is 18.2. The van der Waals surface area contributed by atoms with Crippen molar-refractivity contribution in [2.24, 2.45) is 0 Å². The van der Waals surface area contributed by atoms with E-state index in [-0.39, 0.29) is 5.41 Å². The minimum Gasteiger partial charge on any atom is -0.455 e. The minimum absolute atomic E-state index is 0.123. The fourth-order valence-corrected chi connectivity index (χ4v) is 13.0. The van der Waals surface area contributed by atoms with Gasteiger partial charge in [-0.3, -0.25) is 0 Å². The van der Waals surface area contributed by atoms with E-state index >= 15 is 0 Å². The molecule has 1 heterocycles. The van der Waals surface area contributed by atoms with Gasteiger partial charge in [-0.25, -0.2) is 0 Å². The summed E-state index contributed by atoms with van der Waals surface area (Å²) in [5.74, 6) is 0. The highest BCUT2D eigenvalue weighted by atomic mass is 16.3. The molecule has 0 fully saturated rings. The topological polar surface area (TPSA) is 16.4 Å². The summed E-state index contributed by atoms with van der Waals surface area (Å²) in [7, 11) is 0. The first-order chi connectivity index (χ1) is 34.5. The average Bonchev–Trinajstić information content (AvgIpc) is 4.10. The molecular formula is C68H45NO. The molecule has 0 radical (unpaired) electrons. The van der Waals surface area contributed by atoms with E-state index in [1.807, 2.05) is 0 Å². The molecule has 11 aromatic carbocycles. The minimum atomic E-state index is -0.463. The van der Waals surface area contributed by atoms with Crippen LogP contribution in [0.5, 0.6) is 0 Å². The van der Waals surface area contributed by atoms with E-state index in [1.165, 1.54) is 94.2 Å². The Morgan fingerprint density at radius 3 is 1.53 bits per heavy atom. The normalized spacial score (nSPS) is 14.1. The summed E-state index contributed by atoms with van der Waals surface area (Å²) in [6.07, 6.45) is 0. The molecule has 1 aromatic heterocycles. The van der Waals surface area contributed by atoms with Gasteiger partial charge in [0.15, 0.2) is 0 Å². The second-order valence-corrected chi connectivity index (χ2v) is 19.9. The summed E-state index contributed by atoms with van der Waals surface area (Å²) in [5, 5.41) is 4.57. The zero-order valence-electron chi connectivity index (χ0n) is 38.9. The molecule has 0 atom stereocenters. The maximum absolute atomic E-state index is 7.10. The van der Waals surface area contributed by atoms with Gasteiger partial charge in [-0.2, -0.15) is 0 Å². The largest absolute Gasteiger partial charge is 0.455 e. The number of hydrogen-bond acceptors (Lipinski definition) is 2. The van der Waals surface area contributed by atoms with E-state index in [4.69, 9.17) is 4.42 Å². The summed E-state index contributed by atoms with van der Waals surface area (Å²) in [4.78, 5) is 2.44. The van der Waals surface area contributed by atoms with Gasteiger partial charge in [0.2, 0.25) is 0 Å². The Morgan fingerprint density at radius 1 is 0.329 bits per heavy atom. The molecule has 0 saturated carbocycles. The van der Waals surface area contributed by atoms with Crippen molar-refractivity contribution >= 4 is 49.8 Å². The molecule has 12 aromatic rings. The van der Waals surface area contributed by atoms with Gasteiger partial charge in [-0.15, -0.1) is 0 Å². The van der Waals surface area contributed by atoms with Crippen molar-refractivity contribution in [3.63, 3.8) is 0 Å². The third-order valence-corrected chi connectivity index (χ3v) is 16.1. The third kappa shape index (κ3) is 5.28. The van der Waals surface area contributed by atoms with Gasteiger partial charge in [-0.1, -0.05) is 196 Å². The fourth-order valence-electron chi connectivity index (χ4n) is 13.0. The number of benzene rings is 11. The number of rotatable bonds is 5. The molecule has 328 valence electrons. The molecule has 0 saturated heterocycles. The molecule has 1 spiro atoms. The number of anilines is 3. The van der Waals surface area contributed by atoms with Crippen molar-refractivity contribution in [2.75, 3.05) is 4.90 Å². The second-order valence-electron chi connectivity index (χ2n) is 19.9. The molecule has 2 heteroatoms. The van der Waals surface area contributed by atoms with Gasteiger partial charge >= 0.3 is 0 Å². The van der Waals surface area contributed by atoms with Crippen LogP contribution in [-0.4, -0.2) is 0 Å². The van der Waals surface area contributed by atoms with Gasteiger partial charge < -0.3 is 9.32 Å². The predicted molar refractivity (Wildman–Crippen MR) is 291 cm³/mol. The average molecular weight is 892 g/mol. The van der Waals surface area contributed by atoms with Crippen LogP contribution >= 0.6 is 0 Å². The van der Waals surface area contributed by atoms with Crippen molar-refractivity contribution in [1.82, 2.24) is 0 Å². The number of furan rings is 1. The van der Waals surface area contributed by atoms with Crippen LogP contribution in [0.1, 0.15) is 47.2 Å². The molecule has 2 nitrogen and oxygen atoms in total. The van der Waals surface area contributed by atoms with E-state index in [2.05, 4.69) is 255 Å². The van der Waals surface area contributed by atoms with Gasteiger partial charge in [0, 0.05) is 38.8 Å². The zero-order valence-corrected chi connectivity index (χ0v) is 38.9. The highest BCUT2D eigenvalue weighted by Gasteiger charge is 2.51. The fraction of sp³-hybridized carbons (Fsp3) is 0.0588. The van der Waals surface area contributed by atoms with Crippen LogP contribution < -0.4 is 4.90 Å². The smallest absolute Gasteiger partial charge is 0.143 e. The number of fused-ring (bicyclic) bond motifs is 17. The van der Waals surface area contributed by atoms with E-state index in [0.29, 0.717) is 0 Å². The molecule has 0 aliphatic heterocycles. The Kier molecular flexibility index (Phi) is 8.08. The summed E-state index contributed by atoms with van der Waals surface area (Å²) in [6.45, 7) is 4.71. The van der Waals surface area contributed by atoms with Gasteiger partial charge in [0.25, 0.3) is 0 Å². The molecule has 3 aliphatic carbocycles. The standard InChI is InChI=1S/C68H45NO/c1-67(2)58-24-12-8-20-50(58)54-35-30-45(39-62(54)67)65-49-19-7-6-18-44(49)38-57-56-40-47(34-37-64(56)70-66(57)65)69(46-31-28-43(29-32-46)42-16-4-3-5-17-42)48-33-36-55-53-23-11-15-27-61(53)68(63(55)41-48)59-25-13-9-21-51(59)52-22-10-14-26-60(52)68/h3-41H,1-2H3. The van der Waals surface area contributed by atoms with Crippen molar-refractivity contribution in [1.29, 1.82) is 0 Å². The first kappa shape index (κ1) is 39.3. The van der Waals surface area contributed by atoms with E-state index in [9.17, 15) is 0 Å². The molecule has 15 rings (SSSR count). The summed E-state index contributed by atoms with van der Waals surface area (Å²) < 4.78 is 7.10. The second kappa shape index (κ2) is 14.4. The quantitative estimate of drug-likeness (QED) is 0.171. The van der Waals surface area contributed by atoms with Gasteiger partial charge in [0.05, 0.1) is 5.41 Å². The van der Waals surface area contributed by atoms with Crippen LogP contribution in [0.15, 0.2) is 241 Å². The Labute approximate surface area is 407 Å². The lowest BCUT2D eigenvalue weighted by molar-refractivity contribution is 0.660. The lowest BCUT2D eigenvalue weighted by Crippen LogP contribution is -2.26. The molecule has 0 bridgehead atoms. The Balaban J connectivity index is 0.951. The number of nitrogens with zero attached hydrogens (tertiary/aromatic N) is 1. The maximum atomic E-state index is 7.10. The van der Waals surface area contributed by atoms with Crippen LogP contribution in [-0.2, 0) is 10.8 Å². The first-order valence-corrected chi connectivity index (χ1v) is 24.5. The molecular weight excluding hydrogens is 847 g/mol. The van der Waals surface area contributed by atoms with E-state index in [0.717, 1.165) is 44.6 Å². The van der Waals surface area contributed by atoms with Gasteiger partial charge in [0.1, 0.15) is 11.2 Å². The van der Waals surface area contributed by atoms with Crippen LogP contribution in [0.4, 0.5) is 17.1 Å².